The monoisotopic (exact) mass is 407 g/mol. The van der Waals surface area contributed by atoms with Crippen LogP contribution in [0.2, 0.25) is 0 Å². The van der Waals surface area contributed by atoms with Gasteiger partial charge in [0.2, 0.25) is 0 Å². The van der Waals surface area contributed by atoms with Crippen LogP contribution in [0.3, 0.4) is 0 Å². The van der Waals surface area contributed by atoms with E-state index >= 15 is 0 Å². The zero-order valence-corrected chi connectivity index (χ0v) is 16.3. The number of carbonyl (C=O) groups is 1. The Labute approximate surface area is 156 Å². The van der Waals surface area contributed by atoms with Gasteiger partial charge in [0.05, 0.1) is 26.9 Å². The lowest BCUT2D eigenvalue weighted by molar-refractivity contribution is 0.0950. The Morgan fingerprint density at radius 1 is 1.04 bits per heavy atom. The fourth-order valence-electron chi connectivity index (χ4n) is 2.42. The van der Waals surface area contributed by atoms with Crippen molar-refractivity contribution < 1.29 is 19.0 Å². The maximum absolute atomic E-state index is 12.5. The second-order valence-corrected chi connectivity index (χ2v) is 6.43. The molecule has 0 bridgehead atoms. The predicted molar refractivity (Wildman–Crippen MR) is 101 cm³/mol. The average Bonchev–Trinajstić information content (AvgIpc) is 2.65. The molecule has 0 aliphatic rings. The standard InChI is InChI=1S/C19H22BrNO4/c1-12(13-5-7-14(23-2)8-6-13)11-21-19(22)15-9-17(24-3)18(25-4)10-16(15)20/h5-10,12H,11H2,1-4H3,(H,21,22). The van der Waals surface area contributed by atoms with Crippen LogP contribution in [0.1, 0.15) is 28.8 Å². The highest BCUT2D eigenvalue weighted by Gasteiger charge is 2.16. The van der Waals surface area contributed by atoms with Crippen molar-refractivity contribution in [3.8, 4) is 17.2 Å². The molecule has 0 saturated heterocycles. The molecule has 5 nitrogen and oxygen atoms in total. The topological polar surface area (TPSA) is 56.8 Å². The van der Waals surface area contributed by atoms with E-state index in [9.17, 15) is 4.79 Å². The van der Waals surface area contributed by atoms with Gasteiger partial charge in [-0.05, 0) is 51.7 Å². The molecular formula is C19H22BrNO4. The molecule has 2 aromatic carbocycles. The van der Waals surface area contributed by atoms with Crippen molar-refractivity contribution in [3.05, 3.63) is 52.0 Å². The lowest BCUT2D eigenvalue weighted by Crippen LogP contribution is -2.27. The summed E-state index contributed by atoms with van der Waals surface area (Å²) in [7, 11) is 4.74. The number of methoxy groups -OCH3 is 3. The van der Waals surface area contributed by atoms with Gasteiger partial charge in [0, 0.05) is 11.0 Å². The first-order chi connectivity index (χ1) is 12.0. The molecule has 1 amide bonds. The van der Waals surface area contributed by atoms with Crippen molar-refractivity contribution in [2.75, 3.05) is 27.9 Å². The predicted octanol–water partition coefficient (Wildman–Crippen LogP) is 4.01. The summed E-state index contributed by atoms with van der Waals surface area (Å²) in [6, 6.07) is 11.2. The van der Waals surface area contributed by atoms with Crippen LogP contribution >= 0.6 is 15.9 Å². The first-order valence-corrected chi connectivity index (χ1v) is 8.63. The van der Waals surface area contributed by atoms with Crippen molar-refractivity contribution >= 4 is 21.8 Å². The summed E-state index contributed by atoms with van der Waals surface area (Å²) >= 11 is 3.41. The second kappa shape index (κ2) is 8.76. The van der Waals surface area contributed by atoms with Gasteiger partial charge in [0.15, 0.2) is 11.5 Å². The highest BCUT2D eigenvalue weighted by molar-refractivity contribution is 9.10. The van der Waals surface area contributed by atoms with Crippen LogP contribution in [0.15, 0.2) is 40.9 Å². The summed E-state index contributed by atoms with van der Waals surface area (Å²) < 4.78 is 16.3. The Bertz CT molecular complexity index is 731. The fourth-order valence-corrected chi connectivity index (χ4v) is 2.92. The van der Waals surface area contributed by atoms with Crippen molar-refractivity contribution in [1.82, 2.24) is 5.32 Å². The van der Waals surface area contributed by atoms with Crippen molar-refractivity contribution in [2.45, 2.75) is 12.8 Å². The van der Waals surface area contributed by atoms with Crippen molar-refractivity contribution in [3.63, 3.8) is 0 Å². The third-order valence-corrected chi connectivity index (χ3v) is 4.63. The van der Waals surface area contributed by atoms with Gasteiger partial charge in [0.1, 0.15) is 5.75 Å². The highest BCUT2D eigenvalue weighted by Crippen LogP contribution is 2.33. The van der Waals surface area contributed by atoms with E-state index in [0.29, 0.717) is 28.1 Å². The maximum Gasteiger partial charge on any atom is 0.252 e. The van der Waals surface area contributed by atoms with Gasteiger partial charge in [-0.15, -0.1) is 0 Å². The van der Waals surface area contributed by atoms with E-state index in [4.69, 9.17) is 14.2 Å². The van der Waals surface area contributed by atoms with Gasteiger partial charge in [-0.25, -0.2) is 0 Å². The Kier molecular flexibility index (Phi) is 6.70. The molecule has 0 heterocycles. The van der Waals surface area contributed by atoms with Crippen LogP contribution in [0, 0.1) is 0 Å². The molecule has 0 spiro atoms. The van der Waals surface area contributed by atoms with E-state index in [1.54, 1.807) is 33.5 Å². The van der Waals surface area contributed by atoms with Crippen LogP contribution in [0.5, 0.6) is 17.2 Å². The minimum atomic E-state index is -0.173. The number of amides is 1. The molecule has 1 unspecified atom stereocenters. The van der Waals surface area contributed by atoms with E-state index in [-0.39, 0.29) is 11.8 Å². The lowest BCUT2D eigenvalue weighted by atomic mass is 10.0. The molecule has 1 atom stereocenters. The van der Waals surface area contributed by atoms with Crippen LogP contribution < -0.4 is 19.5 Å². The number of hydrogen-bond donors (Lipinski definition) is 1. The quantitative estimate of drug-likeness (QED) is 0.752. The molecule has 0 saturated carbocycles. The molecule has 134 valence electrons. The summed E-state index contributed by atoms with van der Waals surface area (Å²) in [5.74, 6) is 1.90. The zero-order chi connectivity index (χ0) is 18.4. The number of halogens is 1. The molecule has 0 aromatic heterocycles. The summed E-state index contributed by atoms with van der Waals surface area (Å²) in [5, 5.41) is 2.96. The van der Waals surface area contributed by atoms with Crippen LogP contribution in [0.4, 0.5) is 0 Å². The molecular weight excluding hydrogens is 386 g/mol. The zero-order valence-electron chi connectivity index (χ0n) is 14.8. The Balaban J connectivity index is 2.06. The molecule has 6 heteroatoms. The minimum absolute atomic E-state index is 0.173. The number of carbonyl (C=O) groups excluding carboxylic acids is 1. The number of ether oxygens (including phenoxy) is 3. The minimum Gasteiger partial charge on any atom is -0.497 e. The number of rotatable bonds is 7. The normalized spacial score (nSPS) is 11.6. The first kappa shape index (κ1) is 19.1. The number of nitrogens with one attached hydrogen (secondary N) is 1. The van der Waals surface area contributed by atoms with Gasteiger partial charge in [0.25, 0.3) is 5.91 Å². The third kappa shape index (κ3) is 4.66. The van der Waals surface area contributed by atoms with E-state index in [0.717, 1.165) is 11.3 Å². The second-order valence-electron chi connectivity index (χ2n) is 5.57. The summed E-state index contributed by atoms with van der Waals surface area (Å²) in [6.45, 7) is 2.58. The largest absolute Gasteiger partial charge is 0.497 e. The van der Waals surface area contributed by atoms with E-state index in [2.05, 4.69) is 28.2 Å². The molecule has 0 radical (unpaired) electrons. The first-order valence-electron chi connectivity index (χ1n) is 7.83. The SMILES string of the molecule is COc1ccc(C(C)CNC(=O)c2cc(OC)c(OC)cc2Br)cc1. The van der Waals surface area contributed by atoms with Gasteiger partial charge in [-0.1, -0.05) is 19.1 Å². The van der Waals surface area contributed by atoms with Gasteiger partial charge in [-0.3, -0.25) is 4.79 Å². The summed E-state index contributed by atoms with van der Waals surface area (Å²) in [6.07, 6.45) is 0. The number of benzene rings is 2. The summed E-state index contributed by atoms with van der Waals surface area (Å²) in [4.78, 5) is 12.5. The fraction of sp³-hybridized carbons (Fsp3) is 0.316. The molecule has 2 aromatic rings. The van der Waals surface area contributed by atoms with E-state index < -0.39 is 0 Å². The molecule has 1 N–H and O–H groups in total. The van der Waals surface area contributed by atoms with Gasteiger partial charge in [-0.2, -0.15) is 0 Å². The maximum atomic E-state index is 12.5. The Hall–Kier alpha value is -2.21. The summed E-state index contributed by atoms with van der Waals surface area (Å²) in [5.41, 5.74) is 1.63. The van der Waals surface area contributed by atoms with Crippen LogP contribution in [0.25, 0.3) is 0 Å². The molecule has 0 aliphatic heterocycles. The van der Waals surface area contributed by atoms with Crippen molar-refractivity contribution in [1.29, 1.82) is 0 Å². The Morgan fingerprint density at radius 3 is 2.20 bits per heavy atom. The molecule has 0 aliphatic carbocycles. The third-order valence-electron chi connectivity index (χ3n) is 3.97. The Morgan fingerprint density at radius 2 is 1.64 bits per heavy atom. The lowest BCUT2D eigenvalue weighted by Gasteiger charge is -2.15. The van der Waals surface area contributed by atoms with Crippen LogP contribution in [-0.2, 0) is 0 Å². The average molecular weight is 408 g/mol. The molecule has 2 rings (SSSR count). The van der Waals surface area contributed by atoms with Crippen LogP contribution in [-0.4, -0.2) is 33.8 Å². The van der Waals surface area contributed by atoms with Gasteiger partial charge >= 0.3 is 0 Å². The number of hydrogen-bond acceptors (Lipinski definition) is 4. The highest BCUT2D eigenvalue weighted by atomic mass is 79.9. The smallest absolute Gasteiger partial charge is 0.252 e. The van der Waals surface area contributed by atoms with Crippen molar-refractivity contribution in [2.24, 2.45) is 0 Å². The molecule has 0 fully saturated rings. The van der Waals surface area contributed by atoms with E-state index in [1.807, 2.05) is 24.3 Å². The van der Waals surface area contributed by atoms with E-state index in [1.165, 1.54) is 0 Å². The molecule has 25 heavy (non-hydrogen) atoms. The van der Waals surface area contributed by atoms with Gasteiger partial charge < -0.3 is 19.5 Å².